The number of hydrogen-bond donors (Lipinski definition) is 0. The molecular weight excluding hydrogens is 272 g/mol. The first-order chi connectivity index (χ1) is 10.2. The van der Waals surface area contributed by atoms with Crippen molar-refractivity contribution in [1.82, 2.24) is 0 Å². The van der Waals surface area contributed by atoms with Crippen molar-refractivity contribution in [3.63, 3.8) is 0 Å². The summed E-state index contributed by atoms with van der Waals surface area (Å²) in [5, 5.41) is 0. The Hall–Kier alpha value is -1.20. The van der Waals surface area contributed by atoms with E-state index in [0.717, 1.165) is 31.3 Å². The molecule has 1 atom stereocenters. The minimum atomic E-state index is -0.517. The summed E-state index contributed by atoms with van der Waals surface area (Å²) < 4.78 is 15.7. The molecule has 1 unspecified atom stereocenters. The average molecular weight is 298 g/mol. The maximum absolute atomic E-state index is 12.0. The highest BCUT2D eigenvalue weighted by Crippen LogP contribution is 2.30. The van der Waals surface area contributed by atoms with Gasteiger partial charge in [-0.25, -0.2) is 4.79 Å². The molecular formula is C16H26O5. The lowest BCUT2D eigenvalue weighted by molar-refractivity contribution is -0.140. The third-order valence-corrected chi connectivity index (χ3v) is 3.55. The molecule has 0 spiro atoms. The molecule has 1 aliphatic carbocycles. The number of carbonyl (C=O) groups is 2. The zero-order valence-corrected chi connectivity index (χ0v) is 13.3. The molecule has 0 aromatic carbocycles. The lowest BCUT2D eigenvalue weighted by Crippen LogP contribution is -2.21. The van der Waals surface area contributed by atoms with Crippen LogP contribution in [0.2, 0.25) is 0 Å². The highest BCUT2D eigenvalue weighted by atomic mass is 16.7. The third kappa shape index (κ3) is 5.25. The predicted octanol–water partition coefficient (Wildman–Crippen LogP) is 2.78. The molecule has 120 valence electrons. The van der Waals surface area contributed by atoms with Crippen LogP contribution in [0.25, 0.3) is 0 Å². The number of hydrogen-bond acceptors (Lipinski definition) is 5. The lowest BCUT2D eigenvalue weighted by Gasteiger charge is -2.19. The third-order valence-electron chi connectivity index (χ3n) is 3.55. The van der Waals surface area contributed by atoms with E-state index in [1.807, 2.05) is 0 Å². The molecule has 5 nitrogen and oxygen atoms in total. The first kappa shape index (κ1) is 17.9. The van der Waals surface area contributed by atoms with Crippen LogP contribution in [0.4, 0.5) is 0 Å². The number of unbranched alkanes of at least 4 members (excludes halogenated alkanes) is 2. The smallest absolute Gasteiger partial charge is 0.341 e. The molecule has 5 heteroatoms. The Balaban J connectivity index is 2.88. The van der Waals surface area contributed by atoms with Crippen molar-refractivity contribution in [2.45, 2.75) is 58.5 Å². The Labute approximate surface area is 126 Å². The minimum absolute atomic E-state index is 0.134. The van der Waals surface area contributed by atoms with Crippen LogP contribution in [0.1, 0.15) is 52.4 Å². The quantitative estimate of drug-likeness (QED) is 0.268. The van der Waals surface area contributed by atoms with E-state index in [2.05, 4.69) is 6.92 Å². The molecule has 1 aliphatic rings. The van der Waals surface area contributed by atoms with Crippen LogP contribution in [0, 0.1) is 0 Å². The molecule has 0 aromatic heterocycles. The van der Waals surface area contributed by atoms with Gasteiger partial charge in [-0.15, -0.1) is 0 Å². The zero-order chi connectivity index (χ0) is 15.7. The summed E-state index contributed by atoms with van der Waals surface area (Å²) in [6.07, 6.45) is 4.71. The van der Waals surface area contributed by atoms with Gasteiger partial charge < -0.3 is 14.2 Å². The zero-order valence-electron chi connectivity index (χ0n) is 13.3. The van der Waals surface area contributed by atoms with Crippen LogP contribution in [0.3, 0.4) is 0 Å². The molecule has 0 heterocycles. The van der Waals surface area contributed by atoms with Crippen LogP contribution in [0.5, 0.6) is 0 Å². The van der Waals surface area contributed by atoms with Crippen molar-refractivity contribution < 1.29 is 23.8 Å². The van der Waals surface area contributed by atoms with Gasteiger partial charge in [-0.2, -0.15) is 0 Å². The summed E-state index contributed by atoms with van der Waals surface area (Å²) in [6.45, 7) is 4.29. The van der Waals surface area contributed by atoms with E-state index in [1.54, 1.807) is 14.0 Å². The van der Waals surface area contributed by atoms with Gasteiger partial charge in [0.1, 0.15) is 12.4 Å². The van der Waals surface area contributed by atoms with Crippen molar-refractivity contribution in [3.05, 3.63) is 11.1 Å². The van der Waals surface area contributed by atoms with Gasteiger partial charge in [-0.05, 0) is 25.3 Å². The Kier molecular flexibility index (Phi) is 8.23. The van der Waals surface area contributed by atoms with Gasteiger partial charge in [-0.3, -0.25) is 4.79 Å². The van der Waals surface area contributed by atoms with Crippen LogP contribution in [-0.4, -0.2) is 38.4 Å². The predicted molar refractivity (Wildman–Crippen MR) is 78.8 cm³/mol. The highest BCUT2D eigenvalue weighted by Gasteiger charge is 2.33. The number of Topliss-reactive ketones (excluding diaryl/α,β-unsaturated/α-hetero) is 1. The summed E-state index contributed by atoms with van der Waals surface area (Å²) in [5.74, 6) is -0.651. The summed E-state index contributed by atoms with van der Waals surface area (Å²) in [5.41, 5.74) is 0.987. The molecule has 0 N–H and O–H groups in total. The second-order valence-electron chi connectivity index (χ2n) is 5.10. The Bertz CT molecular complexity index is 386. The molecule has 0 radical (unpaired) electrons. The van der Waals surface area contributed by atoms with E-state index >= 15 is 0 Å². The molecule has 0 amide bonds. The van der Waals surface area contributed by atoms with E-state index < -0.39 is 5.97 Å². The monoisotopic (exact) mass is 298 g/mol. The van der Waals surface area contributed by atoms with Gasteiger partial charge in [0.25, 0.3) is 0 Å². The van der Waals surface area contributed by atoms with Gasteiger partial charge in [0.15, 0.2) is 5.78 Å². The fourth-order valence-corrected chi connectivity index (χ4v) is 2.54. The average Bonchev–Trinajstić information content (AvgIpc) is 2.84. The second-order valence-corrected chi connectivity index (χ2v) is 5.10. The summed E-state index contributed by atoms with van der Waals surface area (Å²) in [4.78, 5) is 24.0. The minimum Gasteiger partial charge on any atom is -0.462 e. The van der Waals surface area contributed by atoms with E-state index in [0.29, 0.717) is 12.8 Å². The van der Waals surface area contributed by atoms with Crippen LogP contribution in [0.15, 0.2) is 11.1 Å². The van der Waals surface area contributed by atoms with Crippen molar-refractivity contribution in [2.75, 3.05) is 20.5 Å². The number of rotatable bonds is 10. The molecule has 0 aliphatic heterocycles. The van der Waals surface area contributed by atoms with E-state index in [4.69, 9.17) is 14.2 Å². The molecule has 1 rings (SSSR count). The summed E-state index contributed by atoms with van der Waals surface area (Å²) in [7, 11) is 1.56. The van der Waals surface area contributed by atoms with Crippen molar-refractivity contribution in [2.24, 2.45) is 0 Å². The molecule has 0 aromatic rings. The normalized spacial score (nSPS) is 16.4. The van der Waals surface area contributed by atoms with Gasteiger partial charge >= 0.3 is 5.97 Å². The highest BCUT2D eigenvalue weighted by molar-refractivity contribution is 6.19. The molecule has 0 saturated heterocycles. The first-order valence-corrected chi connectivity index (χ1v) is 7.69. The first-order valence-electron chi connectivity index (χ1n) is 7.69. The molecule has 0 fully saturated rings. The van der Waals surface area contributed by atoms with Crippen LogP contribution < -0.4 is 0 Å². The number of ketones is 1. The van der Waals surface area contributed by atoms with Gasteiger partial charge in [0.05, 0.1) is 12.7 Å². The topological polar surface area (TPSA) is 61.8 Å². The SMILES string of the molecule is CCCCCC(OCOC)C1=C(C(=O)OCC)C(=O)CC1. The van der Waals surface area contributed by atoms with E-state index in [-0.39, 0.29) is 30.9 Å². The van der Waals surface area contributed by atoms with Gasteiger partial charge in [0.2, 0.25) is 0 Å². The van der Waals surface area contributed by atoms with E-state index in [9.17, 15) is 9.59 Å². The molecule has 0 saturated carbocycles. The van der Waals surface area contributed by atoms with Crippen LogP contribution in [-0.2, 0) is 23.8 Å². The van der Waals surface area contributed by atoms with Crippen molar-refractivity contribution >= 4 is 11.8 Å². The Morgan fingerprint density at radius 1 is 1.24 bits per heavy atom. The largest absolute Gasteiger partial charge is 0.462 e. The maximum atomic E-state index is 12.0. The maximum Gasteiger partial charge on any atom is 0.341 e. The van der Waals surface area contributed by atoms with Gasteiger partial charge in [0, 0.05) is 13.5 Å². The van der Waals surface area contributed by atoms with E-state index in [1.165, 1.54) is 0 Å². The summed E-state index contributed by atoms with van der Waals surface area (Å²) >= 11 is 0. The summed E-state index contributed by atoms with van der Waals surface area (Å²) in [6, 6.07) is 0. The standard InChI is InChI=1S/C16H26O5/c1-4-6-7-8-14(21-11-19-3)12-9-10-13(17)15(12)16(18)20-5-2/h14H,4-11H2,1-3H3. The van der Waals surface area contributed by atoms with Crippen molar-refractivity contribution in [1.29, 1.82) is 0 Å². The second kappa shape index (κ2) is 9.68. The Morgan fingerprint density at radius 3 is 2.62 bits per heavy atom. The molecule has 0 bridgehead atoms. The fraction of sp³-hybridized carbons (Fsp3) is 0.750. The number of ether oxygens (including phenoxy) is 3. The van der Waals surface area contributed by atoms with Crippen molar-refractivity contribution in [3.8, 4) is 0 Å². The van der Waals surface area contributed by atoms with Crippen LogP contribution >= 0.6 is 0 Å². The van der Waals surface area contributed by atoms with Gasteiger partial charge in [-0.1, -0.05) is 26.2 Å². The number of methoxy groups -OCH3 is 1. The number of esters is 1. The fourth-order valence-electron chi connectivity index (χ4n) is 2.54. The lowest BCUT2D eigenvalue weighted by atomic mass is 9.99. The molecule has 21 heavy (non-hydrogen) atoms. The number of carbonyl (C=O) groups excluding carboxylic acids is 2. The Morgan fingerprint density at radius 2 is 2.00 bits per heavy atom.